The number of carbonyl (C=O) groups is 2. The molecule has 0 amide bonds. The molecule has 0 bridgehead atoms. The number of benzene rings is 3. The Morgan fingerprint density at radius 1 is 0.909 bits per heavy atom. The first kappa shape index (κ1) is 21.4. The van der Waals surface area contributed by atoms with Crippen molar-refractivity contribution in [2.24, 2.45) is 0 Å². The maximum atomic E-state index is 13.0. The molecule has 5 atom stereocenters. The van der Waals surface area contributed by atoms with Crippen molar-refractivity contribution in [3.05, 3.63) is 108 Å². The van der Waals surface area contributed by atoms with Crippen molar-refractivity contribution in [1.82, 2.24) is 0 Å². The molecule has 2 aliphatic rings. The average molecular weight is 444 g/mol. The minimum absolute atomic E-state index is 0.153. The summed E-state index contributed by atoms with van der Waals surface area (Å²) >= 11 is 0. The molecular weight excluding hydrogens is 420 g/mol. The Kier molecular flexibility index (Phi) is 6.19. The molecule has 5 rings (SSSR count). The van der Waals surface area contributed by atoms with Gasteiger partial charge in [0.1, 0.15) is 18.3 Å². The summed E-state index contributed by atoms with van der Waals surface area (Å²) in [6.07, 6.45) is -2.79. The van der Waals surface area contributed by atoms with Gasteiger partial charge in [0.15, 0.2) is 12.2 Å². The summed E-state index contributed by atoms with van der Waals surface area (Å²) in [7, 11) is 0. The number of esters is 2. The maximum absolute atomic E-state index is 13.0. The number of hydrogen-bond donors (Lipinski definition) is 0. The van der Waals surface area contributed by atoms with E-state index in [2.05, 4.69) is 0 Å². The number of fused-ring (bicyclic) bond motifs is 1. The molecular formula is C27H24O6. The third-order valence-electron chi connectivity index (χ3n) is 5.94. The quantitative estimate of drug-likeness (QED) is 0.508. The van der Waals surface area contributed by atoms with Gasteiger partial charge in [0.05, 0.1) is 18.6 Å². The van der Waals surface area contributed by atoms with Gasteiger partial charge in [-0.15, -0.1) is 0 Å². The zero-order valence-corrected chi connectivity index (χ0v) is 17.9. The van der Waals surface area contributed by atoms with Crippen LogP contribution < -0.4 is 0 Å². The normalized spacial score (nSPS) is 24.7. The minimum atomic E-state index is -0.732. The van der Waals surface area contributed by atoms with E-state index in [0.717, 1.165) is 11.1 Å². The molecule has 168 valence electrons. The average Bonchev–Trinajstić information content (AvgIpc) is 3.38. The first-order valence-electron chi connectivity index (χ1n) is 11.0. The van der Waals surface area contributed by atoms with E-state index in [1.165, 1.54) is 0 Å². The van der Waals surface area contributed by atoms with Gasteiger partial charge in [-0.1, -0.05) is 78.9 Å². The Morgan fingerprint density at radius 2 is 1.55 bits per heavy atom. The molecule has 0 spiro atoms. The van der Waals surface area contributed by atoms with Crippen molar-refractivity contribution in [3.63, 3.8) is 0 Å². The second kappa shape index (κ2) is 9.57. The van der Waals surface area contributed by atoms with Crippen LogP contribution in [0.5, 0.6) is 0 Å². The molecule has 2 fully saturated rings. The van der Waals surface area contributed by atoms with Gasteiger partial charge in [-0.2, -0.15) is 0 Å². The van der Waals surface area contributed by atoms with Crippen LogP contribution in [-0.2, 0) is 30.3 Å². The van der Waals surface area contributed by atoms with Crippen molar-refractivity contribution < 1.29 is 28.5 Å². The van der Waals surface area contributed by atoms with Crippen LogP contribution in [0.25, 0.3) is 0 Å². The summed E-state index contributed by atoms with van der Waals surface area (Å²) in [6.45, 7) is 0.320. The lowest BCUT2D eigenvalue weighted by atomic mass is 9.98. The molecule has 2 aliphatic heterocycles. The van der Waals surface area contributed by atoms with Crippen LogP contribution >= 0.6 is 0 Å². The third kappa shape index (κ3) is 4.67. The predicted octanol–water partition coefficient (Wildman–Crippen LogP) is 4.25. The molecule has 2 saturated heterocycles. The molecule has 0 radical (unpaired) electrons. The molecule has 33 heavy (non-hydrogen) atoms. The lowest BCUT2D eigenvalue weighted by molar-refractivity contribution is -0.152. The Bertz CT molecular complexity index is 1090. The van der Waals surface area contributed by atoms with E-state index in [0.29, 0.717) is 12.2 Å². The van der Waals surface area contributed by atoms with E-state index in [-0.39, 0.29) is 12.4 Å². The highest BCUT2D eigenvalue weighted by atomic mass is 16.7. The van der Waals surface area contributed by atoms with E-state index < -0.39 is 36.5 Å². The Balaban J connectivity index is 1.44. The van der Waals surface area contributed by atoms with Crippen LogP contribution in [0.4, 0.5) is 0 Å². The summed E-state index contributed by atoms with van der Waals surface area (Å²) < 4.78 is 24.1. The monoisotopic (exact) mass is 444 g/mol. The highest BCUT2D eigenvalue weighted by molar-refractivity contribution is 5.89. The number of rotatable bonds is 7. The molecule has 6 nitrogen and oxygen atoms in total. The van der Waals surface area contributed by atoms with E-state index in [4.69, 9.17) is 18.9 Å². The summed E-state index contributed by atoms with van der Waals surface area (Å²) in [5.74, 6) is -0.766. The van der Waals surface area contributed by atoms with Crippen LogP contribution in [0.3, 0.4) is 0 Å². The zero-order valence-electron chi connectivity index (χ0n) is 17.9. The van der Waals surface area contributed by atoms with Crippen LogP contribution in [-0.4, -0.2) is 36.4 Å². The number of hydrogen-bond acceptors (Lipinski definition) is 6. The van der Waals surface area contributed by atoms with Gasteiger partial charge < -0.3 is 18.9 Å². The fourth-order valence-corrected chi connectivity index (χ4v) is 4.35. The summed E-state index contributed by atoms with van der Waals surface area (Å²) in [4.78, 5) is 24.9. The molecule has 0 aliphatic carbocycles. The Labute approximate surface area is 192 Å². The molecule has 3 aromatic rings. The van der Waals surface area contributed by atoms with Gasteiger partial charge in [0.2, 0.25) is 0 Å². The van der Waals surface area contributed by atoms with Crippen molar-refractivity contribution in [1.29, 1.82) is 0 Å². The van der Waals surface area contributed by atoms with Crippen LogP contribution in [0.2, 0.25) is 0 Å². The smallest absolute Gasteiger partial charge is 0.338 e. The first-order valence-corrected chi connectivity index (χ1v) is 11.0. The van der Waals surface area contributed by atoms with E-state index in [1.807, 2.05) is 66.7 Å². The summed E-state index contributed by atoms with van der Waals surface area (Å²) in [5.41, 5.74) is 2.22. The molecule has 6 heteroatoms. The van der Waals surface area contributed by atoms with Crippen molar-refractivity contribution >= 4 is 11.9 Å². The van der Waals surface area contributed by atoms with Crippen LogP contribution in [0.1, 0.15) is 34.0 Å². The molecule has 0 unspecified atom stereocenters. The SMILES string of the molecule is O=C1C[C@H]2O[C@@H]([C@@H](OC(=O)c3ccccc3)c3ccccc3)[C@H](OCc3ccccc3)[C@H]2O1. The zero-order chi connectivity index (χ0) is 22.6. The van der Waals surface area contributed by atoms with Crippen molar-refractivity contribution in [2.45, 2.75) is 43.5 Å². The van der Waals surface area contributed by atoms with Crippen LogP contribution in [0, 0.1) is 0 Å². The lowest BCUT2D eigenvalue weighted by Crippen LogP contribution is -2.39. The van der Waals surface area contributed by atoms with E-state index in [9.17, 15) is 9.59 Å². The molecule has 0 N–H and O–H groups in total. The van der Waals surface area contributed by atoms with Gasteiger partial charge in [0.25, 0.3) is 0 Å². The van der Waals surface area contributed by atoms with Gasteiger partial charge in [-0.25, -0.2) is 4.79 Å². The fourth-order valence-electron chi connectivity index (χ4n) is 4.35. The predicted molar refractivity (Wildman–Crippen MR) is 119 cm³/mol. The van der Waals surface area contributed by atoms with Gasteiger partial charge >= 0.3 is 11.9 Å². The van der Waals surface area contributed by atoms with Gasteiger partial charge in [-0.05, 0) is 23.3 Å². The summed E-state index contributed by atoms with van der Waals surface area (Å²) in [5, 5.41) is 0. The fraction of sp³-hybridized carbons (Fsp3) is 0.259. The van der Waals surface area contributed by atoms with E-state index >= 15 is 0 Å². The van der Waals surface area contributed by atoms with Crippen LogP contribution in [0.15, 0.2) is 91.0 Å². The highest BCUT2D eigenvalue weighted by Crippen LogP contribution is 2.41. The Morgan fingerprint density at radius 3 is 2.24 bits per heavy atom. The van der Waals surface area contributed by atoms with E-state index in [1.54, 1.807) is 24.3 Å². The molecule has 2 heterocycles. The Hall–Kier alpha value is -3.48. The second-order valence-corrected chi connectivity index (χ2v) is 8.16. The van der Waals surface area contributed by atoms with Crippen molar-refractivity contribution in [2.75, 3.05) is 0 Å². The molecule has 3 aromatic carbocycles. The van der Waals surface area contributed by atoms with Gasteiger partial charge in [0, 0.05) is 0 Å². The van der Waals surface area contributed by atoms with Crippen molar-refractivity contribution in [3.8, 4) is 0 Å². The summed E-state index contributed by atoms with van der Waals surface area (Å²) in [6, 6.07) is 28.0. The maximum Gasteiger partial charge on any atom is 0.338 e. The van der Waals surface area contributed by atoms with Gasteiger partial charge in [-0.3, -0.25) is 4.79 Å². The topological polar surface area (TPSA) is 71.1 Å². The lowest BCUT2D eigenvalue weighted by Gasteiger charge is -2.29. The second-order valence-electron chi connectivity index (χ2n) is 8.16. The third-order valence-corrected chi connectivity index (χ3v) is 5.94. The largest absolute Gasteiger partial charge is 0.457 e. The molecule has 0 aromatic heterocycles. The minimum Gasteiger partial charge on any atom is -0.457 e. The first-order chi connectivity index (χ1) is 16.2. The molecule has 0 saturated carbocycles. The number of ether oxygens (including phenoxy) is 4. The standard InChI is InChI=1S/C27H24O6/c28-22-16-21-24(32-22)25(30-17-18-10-4-1-5-11-18)26(31-21)23(19-12-6-2-7-13-19)33-27(29)20-14-8-3-9-15-20/h1-15,21,23-26H,16-17H2/t21-,23+,24+,25-,26+/m1/s1. The highest BCUT2D eigenvalue weighted by Gasteiger charge is 2.55. The number of carbonyl (C=O) groups excluding carboxylic acids is 2.